The number of aliphatic hydroxyl groups is 1. The molecule has 17 heavy (non-hydrogen) atoms. The number of aliphatic hydroxyl groups excluding tert-OH is 1. The van der Waals surface area contributed by atoms with Crippen LogP contribution in [0.5, 0.6) is 0 Å². The maximum absolute atomic E-state index is 9.20. The first-order chi connectivity index (χ1) is 8.19. The van der Waals surface area contributed by atoms with Crippen LogP contribution < -0.4 is 10.6 Å². The van der Waals surface area contributed by atoms with Gasteiger partial charge in [-0.2, -0.15) is 0 Å². The average Bonchev–Trinajstić information content (AvgIpc) is 3.12. The van der Waals surface area contributed by atoms with E-state index in [1.54, 1.807) is 6.92 Å². The maximum Gasteiger partial charge on any atom is 0.136 e. The molecule has 0 saturated heterocycles. The Labute approximate surface area is 102 Å². The van der Waals surface area contributed by atoms with E-state index in [4.69, 9.17) is 0 Å². The van der Waals surface area contributed by atoms with Crippen LogP contribution in [0.4, 0.5) is 11.6 Å². The number of hydrogen-bond acceptors (Lipinski definition) is 5. The predicted molar refractivity (Wildman–Crippen MR) is 68.3 cm³/mol. The van der Waals surface area contributed by atoms with Gasteiger partial charge >= 0.3 is 0 Å². The minimum atomic E-state index is -0.281. The molecule has 1 atom stereocenters. The van der Waals surface area contributed by atoms with Gasteiger partial charge in [0.2, 0.25) is 0 Å². The summed E-state index contributed by atoms with van der Waals surface area (Å²) in [6, 6.07) is 1.90. The van der Waals surface area contributed by atoms with Gasteiger partial charge in [-0.1, -0.05) is 0 Å². The molecule has 1 aliphatic rings. The van der Waals surface area contributed by atoms with E-state index in [9.17, 15) is 5.11 Å². The summed E-state index contributed by atoms with van der Waals surface area (Å²) < 4.78 is 0. The third-order valence-corrected chi connectivity index (χ3v) is 2.81. The normalized spacial score (nSPS) is 16.6. The third-order valence-electron chi connectivity index (χ3n) is 2.81. The van der Waals surface area contributed by atoms with Gasteiger partial charge in [-0.15, -0.1) is 0 Å². The van der Waals surface area contributed by atoms with Gasteiger partial charge in [-0.25, -0.2) is 9.97 Å². The highest BCUT2D eigenvalue weighted by molar-refractivity contribution is 5.47. The fraction of sp³-hybridized carbons (Fsp3) is 0.667. The highest BCUT2D eigenvalue weighted by Crippen LogP contribution is 2.38. The van der Waals surface area contributed by atoms with Gasteiger partial charge in [0, 0.05) is 25.6 Å². The van der Waals surface area contributed by atoms with Crippen LogP contribution in [0.15, 0.2) is 6.07 Å². The van der Waals surface area contributed by atoms with E-state index in [-0.39, 0.29) is 6.10 Å². The summed E-state index contributed by atoms with van der Waals surface area (Å²) in [6.07, 6.45) is 2.83. The van der Waals surface area contributed by atoms with Crippen LogP contribution in [0.3, 0.4) is 0 Å². The Bertz CT molecular complexity index is 377. The van der Waals surface area contributed by atoms with Crippen LogP contribution >= 0.6 is 0 Å². The predicted octanol–water partition coefficient (Wildman–Crippen LogP) is 1.58. The number of aromatic nitrogens is 2. The summed E-state index contributed by atoms with van der Waals surface area (Å²) in [7, 11) is 1.86. The van der Waals surface area contributed by atoms with Crippen LogP contribution in [-0.2, 0) is 0 Å². The molecule has 1 fully saturated rings. The summed E-state index contributed by atoms with van der Waals surface area (Å²) in [6.45, 7) is 2.51. The molecule has 1 heterocycles. The van der Waals surface area contributed by atoms with Crippen molar-refractivity contribution in [1.82, 2.24) is 9.97 Å². The van der Waals surface area contributed by atoms with Crippen molar-refractivity contribution in [3.05, 3.63) is 11.9 Å². The third kappa shape index (κ3) is 3.56. The van der Waals surface area contributed by atoms with Crippen molar-refractivity contribution in [2.45, 2.75) is 38.2 Å². The molecule has 0 aromatic carbocycles. The number of rotatable bonds is 6. The van der Waals surface area contributed by atoms with Gasteiger partial charge in [0.25, 0.3) is 0 Å². The monoisotopic (exact) mass is 236 g/mol. The van der Waals surface area contributed by atoms with E-state index in [0.29, 0.717) is 5.92 Å². The van der Waals surface area contributed by atoms with Gasteiger partial charge in [0.05, 0.1) is 6.10 Å². The molecule has 1 aromatic heterocycles. The van der Waals surface area contributed by atoms with Crippen molar-refractivity contribution in [1.29, 1.82) is 0 Å². The van der Waals surface area contributed by atoms with Crippen molar-refractivity contribution >= 4 is 11.6 Å². The lowest BCUT2D eigenvalue weighted by Crippen LogP contribution is -2.12. The summed E-state index contributed by atoms with van der Waals surface area (Å²) in [5, 5.41) is 15.5. The first-order valence-electron chi connectivity index (χ1n) is 6.17. The summed E-state index contributed by atoms with van der Waals surface area (Å²) in [4.78, 5) is 8.94. The smallest absolute Gasteiger partial charge is 0.136 e. The summed E-state index contributed by atoms with van der Waals surface area (Å²) in [5.41, 5.74) is 0. The van der Waals surface area contributed by atoms with Crippen molar-refractivity contribution in [3.8, 4) is 0 Å². The molecule has 0 amide bonds. The van der Waals surface area contributed by atoms with Crippen molar-refractivity contribution < 1.29 is 5.11 Å². The Kier molecular flexibility index (Phi) is 3.78. The molecule has 1 aliphatic carbocycles. The molecular weight excluding hydrogens is 216 g/mol. The number of anilines is 2. The molecule has 0 radical (unpaired) electrons. The van der Waals surface area contributed by atoms with Gasteiger partial charge in [-0.3, -0.25) is 0 Å². The fourth-order valence-corrected chi connectivity index (χ4v) is 1.62. The van der Waals surface area contributed by atoms with Crippen molar-refractivity contribution in [2.24, 2.45) is 0 Å². The minimum absolute atomic E-state index is 0.281. The minimum Gasteiger partial charge on any atom is -0.393 e. The zero-order chi connectivity index (χ0) is 12.3. The topological polar surface area (TPSA) is 70.1 Å². The molecule has 5 nitrogen and oxygen atoms in total. The molecule has 3 N–H and O–H groups in total. The number of nitrogens with one attached hydrogen (secondary N) is 2. The van der Waals surface area contributed by atoms with Crippen LogP contribution in [0, 0.1) is 0 Å². The zero-order valence-electron chi connectivity index (χ0n) is 10.4. The average molecular weight is 236 g/mol. The van der Waals surface area contributed by atoms with E-state index in [0.717, 1.165) is 30.4 Å². The molecule has 1 saturated carbocycles. The number of hydrogen-bond donors (Lipinski definition) is 3. The Balaban J connectivity index is 2.01. The number of nitrogens with zero attached hydrogens (tertiary/aromatic N) is 2. The van der Waals surface area contributed by atoms with E-state index in [1.165, 1.54) is 12.8 Å². The van der Waals surface area contributed by atoms with Crippen LogP contribution in [0.1, 0.15) is 37.9 Å². The lowest BCUT2D eigenvalue weighted by molar-refractivity contribution is 0.188. The Hall–Kier alpha value is -1.36. The van der Waals surface area contributed by atoms with Gasteiger partial charge in [0.1, 0.15) is 17.5 Å². The second-order valence-electron chi connectivity index (χ2n) is 4.59. The molecule has 0 bridgehead atoms. The van der Waals surface area contributed by atoms with Crippen molar-refractivity contribution in [2.75, 3.05) is 24.2 Å². The van der Waals surface area contributed by atoms with Crippen molar-refractivity contribution in [3.63, 3.8) is 0 Å². The summed E-state index contributed by atoms with van der Waals surface area (Å²) in [5.74, 6) is 3.16. The Morgan fingerprint density at radius 3 is 2.71 bits per heavy atom. The standard InChI is InChI=1S/C12H20N4O/c1-8(17)5-6-14-11-7-10(13-2)15-12(16-11)9-3-4-9/h7-9,17H,3-6H2,1-2H3,(H2,13,14,15,16). The maximum atomic E-state index is 9.20. The second kappa shape index (κ2) is 5.31. The molecule has 2 rings (SSSR count). The first kappa shape index (κ1) is 12.1. The molecule has 0 spiro atoms. The van der Waals surface area contributed by atoms with Gasteiger partial charge in [0.15, 0.2) is 0 Å². The highest BCUT2D eigenvalue weighted by atomic mass is 16.3. The van der Waals surface area contributed by atoms with Crippen LogP contribution in [0.2, 0.25) is 0 Å². The van der Waals surface area contributed by atoms with E-state index in [1.807, 2.05) is 13.1 Å². The van der Waals surface area contributed by atoms with E-state index < -0.39 is 0 Å². The second-order valence-corrected chi connectivity index (χ2v) is 4.59. The Morgan fingerprint density at radius 1 is 1.41 bits per heavy atom. The van der Waals surface area contributed by atoms with Gasteiger partial charge < -0.3 is 15.7 Å². The molecule has 1 unspecified atom stereocenters. The van der Waals surface area contributed by atoms with Gasteiger partial charge in [-0.05, 0) is 26.2 Å². The fourth-order valence-electron chi connectivity index (χ4n) is 1.62. The first-order valence-corrected chi connectivity index (χ1v) is 6.17. The molecule has 0 aliphatic heterocycles. The summed E-state index contributed by atoms with van der Waals surface area (Å²) >= 11 is 0. The zero-order valence-corrected chi connectivity index (χ0v) is 10.4. The molecule has 5 heteroatoms. The van der Waals surface area contributed by atoms with Crippen LogP contribution in [-0.4, -0.2) is 34.8 Å². The molecule has 1 aromatic rings. The largest absolute Gasteiger partial charge is 0.393 e. The lowest BCUT2D eigenvalue weighted by Gasteiger charge is -2.10. The highest BCUT2D eigenvalue weighted by Gasteiger charge is 2.27. The molecular formula is C12H20N4O. The SMILES string of the molecule is CNc1cc(NCCC(C)O)nc(C2CC2)n1. The Morgan fingerprint density at radius 2 is 2.12 bits per heavy atom. The van der Waals surface area contributed by atoms with E-state index in [2.05, 4.69) is 20.6 Å². The molecule has 94 valence electrons. The lowest BCUT2D eigenvalue weighted by atomic mass is 10.3. The van der Waals surface area contributed by atoms with Crippen LogP contribution in [0.25, 0.3) is 0 Å². The van der Waals surface area contributed by atoms with E-state index >= 15 is 0 Å². The quantitative estimate of drug-likeness (QED) is 0.699.